The third-order valence-corrected chi connectivity index (χ3v) is 2.64. The fourth-order valence-corrected chi connectivity index (χ4v) is 1.69. The zero-order valence-corrected chi connectivity index (χ0v) is 11.4. The molecule has 6 heteroatoms. The zero-order chi connectivity index (χ0) is 14.9. The predicted octanol–water partition coefficient (Wildman–Crippen LogP) is 1.83. The Balaban J connectivity index is 2.19. The lowest BCUT2D eigenvalue weighted by molar-refractivity contribution is -0.222. The predicted molar refractivity (Wildman–Crippen MR) is 70.8 cm³/mol. The van der Waals surface area contributed by atoms with E-state index in [-0.39, 0.29) is 11.3 Å². The summed E-state index contributed by atoms with van der Waals surface area (Å²) in [6.07, 6.45) is 1.16. The second-order valence-corrected chi connectivity index (χ2v) is 4.90. The highest BCUT2D eigenvalue weighted by atomic mass is 16.7. The van der Waals surface area contributed by atoms with Gasteiger partial charge in [0.2, 0.25) is 0 Å². The van der Waals surface area contributed by atoms with Gasteiger partial charge in [-0.25, -0.2) is 9.59 Å². The molecule has 0 aliphatic carbocycles. The number of hydrogen-bond donors (Lipinski definition) is 2. The van der Waals surface area contributed by atoms with E-state index in [1.165, 1.54) is 13.8 Å². The molecule has 0 radical (unpaired) electrons. The molecule has 0 aromatic heterocycles. The summed E-state index contributed by atoms with van der Waals surface area (Å²) in [6.45, 7) is 4.78. The summed E-state index contributed by atoms with van der Waals surface area (Å²) in [4.78, 5) is 23.4. The van der Waals surface area contributed by atoms with Gasteiger partial charge in [0, 0.05) is 20.0 Å². The van der Waals surface area contributed by atoms with Crippen LogP contribution in [-0.2, 0) is 19.1 Å². The number of aromatic hydroxyl groups is 1. The van der Waals surface area contributed by atoms with E-state index in [1.807, 2.05) is 6.92 Å². The maximum absolute atomic E-state index is 11.7. The molecular weight excluding hydrogens is 262 g/mol. The van der Waals surface area contributed by atoms with E-state index in [2.05, 4.69) is 5.32 Å². The molecule has 1 heterocycles. The molecule has 0 atom stereocenters. The molecule has 0 amide bonds. The highest BCUT2D eigenvalue weighted by Gasteiger charge is 2.38. The number of phenols is 1. The number of benzene rings is 1. The van der Waals surface area contributed by atoms with Crippen LogP contribution >= 0.6 is 0 Å². The molecular formula is C14H15NO5. The molecule has 1 aromatic carbocycles. The van der Waals surface area contributed by atoms with E-state index in [9.17, 15) is 14.7 Å². The molecule has 1 saturated heterocycles. The minimum absolute atomic E-state index is 0.0136. The maximum atomic E-state index is 11.7. The first kappa shape index (κ1) is 13.9. The average Bonchev–Trinajstić information content (AvgIpc) is 2.28. The normalized spacial score (nSPS) is 17.2. The van der Waals surface area contributed by atoms with E-state index in [0.717, 1.165) is 11.8 Å². The SMILES string of the molecule is Cc1ccc(NC=C2C(=O)OC(C)(C)OC2=O)c(O)c1. The van der Waals surface area contributed by atoms with Crippen molar-refractivity contribution in [3.63, 3.8) is 0 Å². The van der Waals surface area contributed by atoms with Crippen LogP contribution < -0.4 is 5.32 Å². The number of esters is 2. The third kappa shape index (κ3) is 2.90. The first-order valence-corrected chi connectivity index (χ1v) is 6.01. The van der Waals surface area contributed by atoms with Crippen LogP contribution in [0, 0.1) is 6.92 Å². The molecule has 2 rings (SSSR count). The standard InChI is InChI=1S/C14H15NO5/c1-8-4-5-10(11(16)6-8)15-7-9-12(17)19-14(2,3)20-13(9)18/h4-7,15-16H,1-3H3. The summed E-state index contributed by atoms with van der Waals surface area (Å²) in [5.41, 5.74) is 0.997. The van der Waals surface area contributed by atoms with Crippen molar-refractivity contribution in [2.75, 3.05) is 5.32 Å². The van der Waals surface area contributed by atoms with Gasteiger partial charge in [0.25, 0.3) is 5.79 Å². The smallest absolute Gasteiger partial charge is 0.350 e. The Kier molecular flexibility index (Phi) is 3.40. The Hall–Kier alpha value is -2.50. The Labute approximate surface area is 116 Å². The molecule has 1 aromatic rings. The van der Waals surface area contributed by atoms with Crippen molar-refractivity contribution >= 4 is 17.6 Å². The van der Waals surface area contributed by atoms with E-state index in [0.29, 0.717) is 5.69 Å². The number of rotatable bonds is 2. The Morgan fingerprint density at radius 3 is 2.35 bits per heavy atom. The van der Waals surface area contributed by atoms with Crippen LogP contribution in [0.4, 0.5) is 5.69 Å². The Morgan fingerprint density at radius 2 is 1.80 bits per heavy atom. The molecule has 6 nitrogen and oxygen atoms in total. The van der Waals surface area contributed by atoms with E-state index in [4.69, 9.17) is 9.47 Å². The molecule has 1 aliphatic heterocycles. The van der Waals surface area contributed by atoms with Crippen LogP contribution in [0.2, 0.25) is 0 Å². The van der Waals surface area contributed by atoms with Gasteiger partial charge in [-0.1, -0.05) is 6.07 Å². The van der Waals surface area contributed by atoms with Crippen LogP contribution in [0.15, 0.2) is 30.0 Å². The first-order valence-electron chi connectivity index (χ1n) is 6.01. The van der Waals surface area contributed by atoms with Crippen molar-refractivity contribution in [1.29, 1.82) is 0 Å². The molecule has 2 N–H and O–H groups in total. The van der Waals surface area contributed by atoms with Gasteiger partial charge in [-0.05, 0) is 24.6 Å². The van der Waals surface area contributed by atoms with Gasteiger partial charge in [-0.15, -0.1) is 0 Å². The molecule has 1 fully saturated rings. The molecule has 20 heavy (non-hydrogen) atoms. The lowest BCUT2D eigenvalue weighted by Gasteiger charge is -2.29. The van der Waals surface area contributed by atoms with Crippen molar-refractivity contribution in [2.24, 2.45) is 0 Å². The van der Waals surface area contributed by atoms with E-state index in [1.54, 1.807) is 18.2 Å². The van der Waals surface area contributed by atoms with Crippen LogP contribution in [0.3, 0.4) is 0 Å². The van der Waals surface area contributed by atoms with Gasteiger partial charge < -0.3 is 19.9 Å². The summed E-state index contributed by atoms with van der Waals surface area (Å²) in [6, 6.07) is 4.97. The van der Waals surface area contributed by atoms with E-state index >= 15 is 0 Å². The second-order valence-electron chi connectivity index (χ2n) is 4.90. The van der Waals surface area contributed by atoms with Gasteiger partial charge in [0.05, 0.1) is 5.69 Å². The topological polar surface area (TPSA) is 84.9 Å². The van der Waals surface area contributed by atoms with Crippen LogP contribution in [-0.4, -0.2) is 22.8 Å². The minimum atomic E-state index is -1.27. The van der Waals surface area contributed by atoms with Crippen LogP contribution in [0.25, 0.3) is 0 Å². The average molecular weight is 277 g/mol. The zero-order valence-electron chi connectivity index (χ0n) is 11.4. The molecule has 0 unspecified atom stereocenters. The lowest BCUT2D eigenvalue weighted by atomic mass is 10.2. The van der Waals surface area contributed by atoms with Crippen molar-refractivity contribution in [3.8, 4) is 5.75 Å². The lowest BCUT2D eigenvalue weighted by Crippen LogP contribution is -2.42. The van der Waals surface area contributed by atoms with E-state index < -0.39 is 17.7 Å². The minimum Gasteiger partial charge on any atom is -0.506 e. The number of ether oxygens (including phenoxy) is 2. The summed E-state index contributed by atoms with van der Waals surface area (Å²) >= 11 is 0. The Bertz CT molecular complexity index is 582. The largest absolute Gasteiger partial charge is 0.506 e. The number of carbonyl (C=O) groups excluding carboxylic acids is 2. The summed E-state index contributed by atoms with van der Waals surface area (Å²) < 4.78 is 9.88. The highest BCUT2D eigenvalue weighted by Crippen LogP contribution is 2.26. The molecule has 1 aliphatic rings. The fraction of sp³-hybridized carbons (Fsp3) is 0.286. The number of aryl methyl sites for hydroxylation is 1. The maximum Gasteiger partial charge on any atom is 0.350 e. The number of cyclic esters (lactones) is 2. The molecule has 0 spiro atoms. The number of hydrogen-bond acceptors (Lipinski definition) is 6. The molecule has 0 bridgehead atoms. The Morgan fingerprint density at radius 1 is 1.20 bits per heavy atom. The van der Waals surface area contributed by atoms with Gasteiger partial charge in [0.15, 0.2) is 5.57 Å². The summed E-state index contributed by atoms with van der Waals surface area (Å²) in [5.74, 6) is -2.80. The van der Waals surface area contributed by atoms with Gasteiger partial charge in [0.1, 0.15) is 5.75 Å². The van der Waals surface area contributed by atoms with Crippen LogP contribution in [0.5, 0.6) is 5.75 Å². The summed E-state index contributed by atoms with van der Waals surface area (Å²) in [7, 11) is 0. The quantitative estimate of drug-likeness (QED) is 0.371. The molecule has 0 saturated carbocycles. The van der Waals surface area contributed by atoms with Crippen molar-refractivity contribution < 1.29 is 24.2 Å². The van der Waals surface area contributed by atoms with Gasteiger partial charge >= 0.3 is 11.9 Å². The van der Waals surface area contributed by atoms with Crippen molar-refractivity contribution in [3.05, 3.63) is 35.5 Å². The van der Waals surface area contributed by atoms with Crippen molar-refractivity contribution in [2.45, 2.75) is 26.6 Å². The molecule has 106 valence electrons. The monoisotopic (exact) mass is 277 g/mol. The van der Waals surface area contributed by atoms with Gasteiger partial charge in [-0.3, -0.25) is 0 Å². The number of carbonyl (C=O) groups is 2. The highest BCUT2D eigenvalue weighted by molar-refractivity contribution is 6.15. The van der Waals surface area contributed by atoms with Crippen molar-refractivity contribution in [1.82, 2.24) is 0 Å². The fourth-order valence-electron chi connectivity index (χ4n) is 1.69. The second kappa shape index (κ2) is 4.88. The third-order valence-electron chi connectivity index (χ3n) is 2.64. The van der Waals surface area contributed by atoms with Gasteiger partial charge in [-0.2, -0.15) is 0 Å². The first-order chi connectivity index (χ1) is 9.28. The summed E-state index contributed by atoms with van der Waals surface area (Å²) in [5, 5.41) is 12.4. The number of nitrogens with one attached hydrogen (secondary N) is 1. The number of anilines is 1. The number of phenolic OH excluding ortho intramolecular Hbond substituents is 1. The van der Waals surface area contributed by atoms with Crippen LogP contribution in [0.1, 0.15) is 19.4 Å².